The number of carbonyl (C=O) groups excluding carboxylic acids is 1. The Morgan fingerprint density at radius 1 is 1.03 bits per heavy atom. The van der Waals surface area contributed by atoms with Crippen molar-refractivity contribution in [3.63, 3.8) is 0 Å². The second-order valence-corrected chi connectivity index (χ2v) is 9.06. The van der Waals surface area contributed by atoms with Gasteiger partial charge in [-0.1, -0.05) is 55.7 Å². The van der Waals surface area contributed by atoms with Gasteiger partial charge in [-0.2, -0.15) is 5.10 Å². The largest absolute Gasteiger partial charge is 0.376 e. The summed E-state index contributed by atoms with van der Waals surface area (Å²) in [7, 11) is 2.22. The quantitative estimate of drug-likeness (QED) is 0.494. The summed E-state index contributed by atoms with van der Waals surface area (Å²) in [5.41, 5.74) is 5.72. The van der Waals surface area contributed by atoms with Crippen molar-refractivity contribution in [3.8, 4) is 5.69 Å². The predicted molar refractivity (Wildman–Crippen MR) is 135 cm³/mol. The van der Waals surface area contributed by atoms with Crippen molar-refractivity contribution in [2.24, 2.45) is 0 Å². The van der Waals surface area contributed by atoms with Gasteiger partial charge in [0.25, 0.3) is 0 Å². The Balaban J connectivity index is 1.38. The van der Waals surface area contributed by atoms with Crippen molar-refractivity contribution in [1.29, 1.82) is 0 Å². The number of amides is 1. The van der Waals surface area contributed by atoms with Crippen molar-refractivity contribution >= 4 is 17.3 Å². The Labute approximate surface area is 197 Å². The smallest absolute Gasteiger partial charge is 0.243 e. The van der Waals surface area contributed by atoms with Gasteiger partial charge < -0.3 is 10.6 Å². The number of nitrogens with zero attached hydrogens (tertiary/aromatic N) is 3. The number of hydrogen-bond donors (Lipinski definition) is 2. The molecule has 6 heteroatoms. The number of carbonyl (C=O) groups is 1. The standard InChI is InChI=1S/C27H35N5O/c1-20-27(21(2)32(30-20)24-15-8-5-9-16-24)29-26(33)18-28-25-17-11-10-12-22(25)19-31(3)23-13-6-4-7-14-23/h5,8-12,15-17,23,28H,4,6-7,13-14,18-19H2,1-3H3,(H,29,33). The van der Waals surface area contributed by atoms with E-state index in [4.69, 9.17) is 0 Å². The average molecular weight is 446 g/mol. The van der Waals surface area contributed by atoms with E-state index in [9.17, 15) is 4.79 Å². The zero-order chi connectivity index (χ0) is 23.2. The Bertz CT molecular complexity index is 1070. The molecule has 0 aliphatic heterocycles. The second-order valence-electron chi connectivity index (χ2n) is 9.06. The topological polar surface area (TPSA) is 62.2 Å². The molecule has 0 bridgehead atoms. The Kier molecular flexibility index (Phi) is 7.45. The van der Waals surface area contributed by atoms with Gasteiger partial charge in [0, 0.05) is 18.3 Å². The van der Waals surface area contributed by atoms with E-state index in [0.29, 0.717) is 6.04 Å². The monoisotopic (exact) mass is 445 g/mol. The Hall–Kier alpha value is -3.12. The van der Waals surface area contributed by atoms with Crippen molar-refractivity contribution in [2.45, 2.75) is 58.5 Å². The third kappa shape index (κ3) is 5.63. The van der Waals surface area contributed by atoms with Gasteiger partial charge in [0.15, 0.2) is 0 Å². The maximum Gasteiger partial charge on any atom is 0.243 e. The lowest BCUT2D eigenvalue weighted by atomic mass is 9.94. The van der Waals surface area contributed by atoms with Gasteiger partial charge in [0.05, 0.1) is 29.3 Å². The van der Waals surface area contributed by atoms with E-state index >= 15 is 0 Å². The number of para-hydroxylation sites is 2. The summed E-state index contributed by atoms with van der Waals surface area (Å²) in [5.74, 6) is -0.0794. The van der Waals surface area contributed by atoms with Crippen LogP contribution < -0.4 is 10.6 Å². The molecule has 1 aliphatic carbocycles. The third-order valence-corrected chi connectivity index (χ3v) is 6.63. The Morgan fingerprint density at radius 2 is 1.73 bits per heavy atom. The number of aromatic nitrogens is 2. The molecule has 1 aliphatic rings. The molecule has 1 fully saturated rings. The highest BCUT2D eigenvalue weighted by atomic mass is 16.1. The van der Waals surface area contributed by atoms with E-state index in [1.54, 1.807) is 0 Å². The molecule has 0 spiro atoms. The average Bonchev–Trinajstić information content (AvgIpc) is 3.13. The molecule has 1 heterocycles. The number of anilines is 2. The Morgan fingerprint density at radius 3 is 2.48 bits per heavy atom. The molecular formula is C27H35N5O. The van der Waals surface area contributed by atoms with Crippen LogP contribution in [0.5, 0.6) is 0 Å². The first-order chi connectivity index (χ1) is 16.0. The highest BCUT2D eigenvalue weighted by molar-refractivity contribution is 5.95. The highest BCUT2D eigenvalue weighted by Crippen LogP contribution is 2.25. The van der Waals surface area contributed by atoms with Crippen LogP contribution in [0.2, 0.25) is 0 Å². The van der Waals surface area contributed by atoms with Crippen molar-refractivity contribution in [3.05, 3.63) is 71.5 Å². The van der Waals surface area contributed by atoms with Crippen molar-refractivity contribution < 1.29 is 4.79 Å². The highest BCUT2D eigenvalue weighted by Gasteiger charge is 2.19. The lowest BCUT2D eigenvalue weighted by molar-refractivity contribution is -0.114. The second kappa shape index (κ2) is 10.7. The SMILES string of the molecule is Cc1nn(-c2ccccc2)c(C)c1NC(=O)CNc1ccccc1CN(C)C1CCCCC1. The molecule has 1 amide bonds. The molecule has 6 nitrogen and oxygen atoms in total. The minimum atomic E-state index is -0.0794. The summed E-state index contributed by atoms with van der Waals surface area (Å²) in [4.78, 5) is 15.3. The van der Waals surface area contributed by atoms with E-state index in [2.05, 4.69) is 45.9 Å². The van der Waals surface area contributed by atoms with Crippen LogP contribution in [0.1, 0.15) is 49.1 Å². The van der Waals surface area contributed by atoms with Gasteiger partial charge in [-0.05, 0) is 57.5 Å². The maximum atomic E-state index is 12.8. The first kappa shape index (κ1) is 23.1. The van der Waals surface area contributed by atoms with Crippen LogP contribution in [0.3, 0.4) is 0 Å². The molecule has 2 aromatic carbocycles. The summed E-state index contributed by atoms with van der Waals surface area (Å²) in [6.07, 6.45) is 6.58. The van der Waals surface area contributed by atoms with Crippen LogP contribution in [-0.4, -0.2) is 40.2 Å². The lowest BCUT2D eigenvalue weighted by Crippen LogP contribution is -2.33. The predicted octanol–water partition coefficient (Wildman–Crippen LogP) is 5.30. The van der Waals surface area contributed by atoms with E-state index in [1.807, 2.05) is 54.9 Å². The molecule has 3 aromatic rings. The number of benzene rings is 2. The minimum absolute atomic E-state index is 0.0794. The van der Waals surface area contributed by atoms with E-state index in [1.165, 1.54) is 37.7 Å². The van der Waals surface area contributed by atoms with Gasteiger partial charge in [0.2, 0.25) is 5.91 Å². The normalized spacial score (nSPS) is 14.4. The third-order valence-electron chi connectivity index (χ3n) is 6.63. The van der Waals surface area contributed by atoms with Crippen molar-refractivity contribution in [1.82, 2.24) is 14.7 Å². The molecule has 4 rings (SSSR count). The molecule has 0 atom stereocenters. The van der Waals surface area contributed by atoms with Gasteiger partial charge in [-0.15, -0.1) is 0 Å². The van der Waals surface area contributed by atoms with Crippen LogP contribution in [0, 0.1) is 13.8 Å². The molecule has 0 saturated heterocycles. The molecule has 1 saturated carbocycles. The van der Waals surface area contributed by atoms with E-state index < -0.39 is 0 Å². The molecule has 0 radical (unpaired) electrons. The molecule has 33 heavy (non-hydrogen) atoms. The zero-order valence-corrected chi connectivity index (χ0v) is 20.0. The van der Waals surface area contributed by atoms with Gasteiger partial charge in [0.1, 0.15) is 0 Å². The number of nitrogens with one attached hydrogen (secondary N) is 2. The summed E-state index contributed by atoms with van der Waals surface area (Å²) in [6.45, 7) is 5.00. The fourth-order valence-electron chi connectivity index (χ4n) is 4.75. The maximum absolute atomic E-state index is 12.8. The van der Waals surface area contributed by atoms with Gasteiger partial charge in [-0.3, -0.25) is 9.69 Å². The molecule has 2 N–H and O–H groups in total. The zero-order valence-electron chi connectivity index (χ0n) is 20.0. The summed E-state index contributed by atoms with van der Waals surface area (Å²) in [6, 6.07) is 18.9. The molecule has 1 aromatic heterocycles. The number of rotatable bonds is 8. The van der Waals surface area contributed by atoms with Crippen LogP contribution in [-0.2, 0) is 11.3 Å². The molecule has 0 unspecified atom stereocenters. The van der Waals surface area contributed by atoms with Crippen molar-refractivity contribution in [2.75, 3.05) is 24.2 Å². The van der Waals surface area contributed by atoms with Crippen LogP contribution in [0.15, 0.2) is 54.6 Å². The summed E-state index contributed by atoms with van der Waals surface area (Å²) >= 11 is 0. The first-order valence-electron chi connectivity index (χ1n) is 12.0. The van der Waals surface area contributed by atoms with E-state index in [0.717, 1.165) is 35.0 Å². The van der Waals surface area contributed by atoms with Gasteiger partial charge >= 0.3 is 0 Å². The lowest BCUT2D eigenvalue weighted by Gasteiger charge is -2.31. The van der Waals surface area contributed by atoms with E-state index in [-0.39, 0.29) is 12.5 Å². The number of aryl methyl sites for hydroxylation is 1. The van der Waals surface area contributed by atoms with Crippen LogP contribution >= 0.6 is 0 Å². The number of hydrogen-bond acceptors (Lipinski definition) is 4. The van der Waals surface area contributed by atoms with Crippen LogP contribution in [0.25, 0.3) is 5.69 Å². The fraction of sp³-hybridized carbons (Fsp3) is 0.407. The minimum Gasteiger partial charge on any atom is -0.376 e. The first-order valence-corrected chi connectivity index (χ1v) is 12.0. The summed E-state index contributed by atoms with van der Waals surface area (Å²) < 4.78 is 1.87. The summed E-state index contributed by atoms with van der Waals surface area (Å²) in [5, 5.41) is 11.0. The van der Waals surface area contributed by atoms with Crippen LogP contribution in [0.4, 0.5) is 11.4 Å². The van der Waals surface area contributed by atoms with Gasteiger partial charge in [-0.25, -0.2) is 4.68 Å². The fourth-order valence-corrected chi connectivity index (χ4v) is 4.75. The molecule has 174 valence electrons. The molecular weight excluding hydrogens is 410 g/mol.